The van der Waals surface area contributed by atoms with Crippen LogP contribution in [0.2, 0.25) is 0 Å². The molecular weight excluding hydrogens is 244 g/mol. The summed E-state index contributed by atoms with van der Waals surface area (Å²) < 4.78 is 31.0. The number of ether oxygens (including phenoxy) is 1. The first-order valence-electron chi connectivity index (χ1n) is 5.95. The Labute approximate surface area is 105 Å². The van der Waals surface area contributed by atoms with Crippen LogP contribution in [0.25, 0.3) is 0 Å². The molecule has 0 aromatic heterocycles. The summed E-state index contributed by atoms with van der Waals surface area (Å²) in [7, 11) is 0. The zero-order chi connectivity index (χ0) is 14.0. The quantitative estimate of drug-likeness (QED) is 0.735. The SMILES string of the molecule is CC(C)(C)OC(=O)N1CCC(CC(F)(F)C=O)C1. The summed E-state index contributed by atoms with van der Waals surface area (Å²) in [5.41, 5.74) is -0.595. The van der Waals surface area contributed by atoms with E-state index in [1.165, 1.54) is 4.90 Å². The number of alkyl halides is 2. The van der Waals surface area contributed by atoms with Crippen molar-refractivity contribution in [2.45, 2.75) is 45.1 Å². The van der Waals surface area contributed by atoms with E-state index in [1.807, 2.05) is 0 Å². The fourth-order valence-electron chi connectivity index (χ4n) is 1.92. The second kappa shape index (κ2) is 5.20. The number of likely N-dealkylation sites (tertiary alicyclic amines) is 1. The molecule has 0 saturated carbocycles. The lowest BCUT2D eigenvalue weighted by Gasteiger charge is -2.24. The van der Waals surface area contributed by atoms with Crippen LogP contribution >= 0.6 is 0 Å². The normalized spacial score (nSPS) is 20.9. The highest BCUT2D eigenvalue weighted by Crippen LogP contribution is 2.28. The zero-order valence-corrected chi connectivity index (χ0v) is 10.9. The summed E-state index contributed by atoms with van der Waals surface area (Å²) in [5.74, 6) is -3.65. The lowest BCUT2D eigenvalue weighted by atomic mass is 10.0. The number of carbonyl (C=O) groups excluding carboxylic acids is 2. The summed E-state index contributed by atoms with van der Waals surface area (Å²) in [5, 5.41) is 0. The fraction of sp³-hybridized carbons (Fsp3) is 0.833. The van der Waals surface area contributed by atoms with Crippen LogP contribution in [-0.4, -0.2) is 41.9 Å². The van der Waals surface area contributed by atoms with Crippen molar-refractivity contribution in [2.75, 3.05) is 13.1 Å². The van der Waals surface area contributed by atoms with E-state index in [4.69, 9.17) is 4.74 Å². The second-order valence-electron chi connectivity index (χ2n) is 5.66. The average Bonchev–Trinajstić information content (AvgIpc) is 2.63. The fourth-order valence-corrected chi connectivity index (χ4v) is 1.92. The van der Waals surface area contributed by atoms with Crippen LogP contribution in [0.4, 0.5) is 13.6 Å². The first-order valence-corrected chi connectivity index (χ1v) is 5.95. The van der Waals surface area contributed by atoms with Crippen molar-refractivity contribution in [3.8, 4) is 0 Å². The Kier molecular flexibility index (Phi) is 4.29. The van der Waals surface area contributed by atoms with Gasteiger partial charge in [0, 0.05) is 19.5 Å². The Morgan fingerprint density at radius 2 is 2.06 bits per heavy atom. The van der Waals surface area contributed by atoms with Gasteiger partial charge in [0.25, 0.3) is 0 Å². The van der Waals surface area contributed by atoms with Crippen molar-refractivity contribution < 1.29 is 23.1 Å². The molecule has 1 atom stereocenters. The maximum Gasteiger partial charge on any atom is 0.410 e. The van der Waals surface area contributed by atoms with Crippen LogP contribution in [-0.2, 0) is 9.53 Å². The molecule has 0 bridgehead atoms. The largest absolute Gasteiger partial charge is 0.444 e. The minimum Gasteiger partial charge on any atom is -0.444 e. The van der Waals surface area contributed by atoms with Gasteiger partial charge in [-0.1, -0.05) is 0 Å². The number of rotatable bonds is 3. The molecule has 1 aliphatic heterocycles. The van der Waals surface area contributed by atoms with Crippen molar-refractivity contribution in [3.63, 3.8) is 0 Å². The zero-order valence-electron chi connectivity index (χ0n) is 10.9. The molecule has 1 unspecified atom stereocenters. The molecule has 18 heavy (non-hydrogen) atoms. The van der Waals surface area contributed by atoms with Crippen molar-refractivity contribution in [2.24, 2.45) is 5.92 Å². The number of amides is 1. The molecule has 1 fully saturated rings. The lowest BCUT2D eigenvalue weighted by Crippen LogP contribution is -2.35. The highest BCUT2D eigenvalue weighted by molar-refractivity contribution is 5.68. The van der Waals surface area contributed by atoms with Gasteiger partial charge in [-0.2, -0.15) is 8.78 Å². The predicted molar refractivity (Wildman–Crippen MR) is 61.5 cm³/mol. The molecule has 1 saturated heterocycles. The molecule has 0 radical (unpaired) electrons. The first kappa shape index (κ1) is 14.9. The van der Waals surface area contributed by atoms with E-state index in [2.05, 4.69) is 0 Å². The number of nitrogens with zero attached hydrogens (tertiary/aromatic N) is 1. The lowest BCUT2D eigenvalue weighted by molar-refractivity contribution is -0.131. The smallest absolute Gasteiger partial charge is 0.410 e. The van der Waals surface area contributed by atoms with Gasteiger partial charge in [0.1, 0.15) is 5.60 Å². The molecule has 4 nitrogen and oxygen atoms in total. The van der Waals surface area contributed by atoms with Crippen molar-refractivity contribution in [3.05, 3.63) is 0 Å². The van der Waals surface area contributed by atoms with Crippen LogP contribution in [0.15, 0.2) is 0 Å². The molecular formula is C12H19F2NO3. The monoisotopic (exact) mass is 263 g/mol. The molecule has 0 spiro atoms. The molecule has 0 aromatic rings. The maximum absolute atomic E-state index is 12.9. The van der Waals surface area contributed by atoms with Gasteiger partial charge in [0.15, 0.2) is 6.29 Å². The number of carbonyl (C=O) groups is 2. The Bertz CT molecular complexity index is 326. The number of hydrogen-bond acceptors (Lipinski definition) is 3. The molecule has 1 aliphatic rings. The standard InChI is InChI=1S/C12H19F2NO3/c1-11(2,3)18-10(17)15-5-4-9(7-15)6-12(13,14)8-16/h8-9H,4-7H2,1-3H3. The van der Waals surface area contributed by atoms with Gasteiger partial charge >= 0.3 is 12.0 Å². The third-order valence-electron chi connectivity index (χ3n) is 2.67. The molecule has 1 amide bonds. The van der Waals surface area contributed by atoms with Crippen LogP contribution in [0, 0.1) is 5.92 Å². The van der Waals surface area contributed by atoms with Crippen LogP contribution < -0.4 is 0 Å². The van der Waals surface area contributed by atoms with Gasteiger partial charge in [-0.15, -0.1) is 0 Å². The van der Waals surface area contributed by atoms with E-state index in [0.29, 0.717) is 13.0 Å². The highest BCUT2D eigenvalue weighted by atomic mass is 19.3. The van der Waals surface area contributed by atoms with Gasteiger partial charge in [0.05, 0.1) is 0 Å². The molecule has 0 N–H and O–H groups in total. The van der Waals surface area contributed by atoms with E-state index in [-0.39, 0.29) is 18.7 Å². The van der Waals surface area contributed by atoms with Crippen molar-refractivity contribution in [1.82, 2.24) is 4.90 Å². The molecule has 6 heteroatoms. The maximum atomic E-state index is 12.9. The Morgan fingerprint density at radius 1 is 1.44 bits per heavy atom. The minimum atomic E-state index is -3.30. The minimum absolute atomic E-state index is 0.221. The second-order valence-corrected chi connectivity index (χ2v) is 5.66. The Morgan fingerprint density at radius 3 is 2.56 bits per heavy atom. The van der Waals surface area contributed by atoms with Gasteiger partial charge in [-0.25, -0.2) is 4.79 Å². The average molecular weight is 263 g/mol. The van der Waals surface area contributed by atoms with E-state index < -0.39 is 24.0 Å². The van der Waals surface area contributed by atoms with E-state index in [1.54, 1.807) is 20.8 Å². The summed E-state index contributed by atoms with van der Waals surface area (Å²) >= 11 is 0. The summed E-state index contributed by atoms with van der Waals surface area (Å²) in [4.78, 5) is 23.3. The molecule has 1 heterocycles. The summed E-state index contributed by atoms with van der Waals surface area (Å²) in [6.07, 6.45) is -0.846. The third-order valence-corrected chi connectivity index (χ3v) is 2.67. The van der Waals surface area contributed by atoms with E-state index >= 15 is 0 Å². The number of halogens is 2. The van der Waals surface area contributed by atoms with Crippen LogP contribution in [0.1, 0.15) is 33.6 Å². The predicted octanol–water partition coefficient (Wildman–Crippen LogP) is 2.47. The van der Waals surface area contributed by atoms with Gasteiger partial charge < -0.3 is 9.64 Å². The number of hydrogen-bond donors (Lipinski definition) is 0. The number of aldehydes is 1. The van der Waals surface area contributed by atoms with Gasteiger partial charge in [0.2, 0.25) is 0 Å². The van der Waals surface area contributed by atoms with Crippen LogP contribution in [0.3, 0.4) is 0 Å². The highest BCUT2D eigenvalue weighted by Gasteiger charge is 2.37. The van der Waals surface area contributed by atoms with Crippen molar-refractivity contribution >= 4 is 12.4 Å². The van der Waals surface area contributed by atoms with Gasteiger partial charge in [-0.05, 0) is 33.1 Å². The topological polar surface area (TPSA) is 46.6 Å². The third kappa shape index (κ3) is 4.58. The molecule has 0 aliphatic carbocycles. The Hall–Kier alpha value is -1.20. The van der Waals surface area contributed by atoms with E-state index in [9.17, 15) is 18.4 Å². The summed E-state index contributed by atoms with van der Waals surface area (Å²) in [6.45, 7) is 5.86. The molecule has 1 rings (SSSR count). The van der Waals surface area contributed by atoms with Gasteiger partial charge in [-0.3, -0.25) is 4.79 Å². The molecule has 104 valence electrons. The van der Waals surface area contributed by atoms with Crippen molar-refractivity contribution in [1.29, 1.82) is 0 Å². The van der Waals surface area contributed by atoms with E-state index in [0.717, 1.165) is 0 Å². The summed E-state index contributed by atoms with van der Waals surface area (Å²) in [6, 6.07) is 0. The molecule has 0 aromatic carbocycles. The van der Waals surface area contributed by atoms with Crippen LogP contribution in [0.5, 0.6) is 0 Å². The first-order chi connectivity index (χ1) is 8.13. The Balaban J connectivity index is 2.46.